The standard InChI is InChI=1S/C14H15ClN4O3/c15-13-7-11(1-4-16-13)14(10-2-5-22-6-3-10)18-9-12(8-17-18)19(20)21/h1,4,7-10,14H,2-3,5-6H2. The second kappa shape index (κ2) is 6.41. The van der Waals surface area contributed by atoms with Crippen molar-refractivity contribution in [3.8, 4) is 0 Å². The molecule has 1 aliphatic rings. The van der Waals surface area contributed by atoms with Crippen molar-refractivity contribution in [3.05, 3.63) is 51.6 Å². The van der Waals surface area contributed by atoms with E-state index < -0.39 is 4.92 Å². The van der Waals surface area contributed by atoms with Crippen LogP contribution in [0.2, 0.25) is 5.15 Å². The van der Waals surface area contributed by atoms with Crippen LogP contribution in [-0.4, -0.2) is 32.9 Å². The van der Waals surface area contributed by atoms with E-state index in [0.717, 1.165) is 18.4 Å². The van der Waals surface area contributed by atoms with E-state index in [1.54, 1.807) is 16.9 Å². The molecule has 2 aromatic rings. The Kier molecular flexibility index (Phi) is 4.35. The van der Waals surface area contributed by atoms with Gasteiger partial charge in [0, 0.05) is 19.4 Å². The van der Waals surface area contributed by atoms with E-state index in [-0.39, 0.29) is 17.6 Å². The summed E-state index contributed by atoms with van der Waals surface area (Å²) in [7, 11) is 0. The summed E-state index contributed by atoms with van der Waals surface area (Å²) >= 11 is 6.00. The third kappa shape index (κ3) is 3.10. The molecular weight excluding hydrogens is 308 g/mol. The Labute approximate surface area is 132 Å². The highest BCUT2D eigenvalue weighted by molar-refractivity contribution is 6.29. The van der Waals surface area contributed by atoms with Crippen LogP contribution in [0, 0.1) is 16.0 Å². The second-order valence-corrected chi connectivity index (χ2v) is 5.63. The first-order chi connectivity index (χ1) is 10.6. The number of nitro groups is 1. The molecule has 1 fully saturated rings. The molecule has 7 nitrogen and oxygen atoms in total. The van der Waals surface area contributed by atoms with Gasteiger partial charge in [0.2, 0.25) is 0 Å². The number of hydrogen-bond donors (Lipinski definition) is 0. The molecule has 0 aliphatic carbocycles. The molecule has 0 N–H and O–H groups in total. The van der Waals surface area contributed by atoms with Crippen molar-refractivity contribution in [3.63, 3.8) is 0 Å². The summed E-state index contributed by atoms with van der Waals surface area (Å²) < 4.78 is 7.07. The first-order valence-electron chi connectivity index (χ1n) is 7.03. The van der Waals surface area contributed by atoms with Gasteiger partial charge in [-0.05, 0) is 36.5 Å². The molecule has 1 saturated heterocycles. The van der Waals surface area contributed by atoms with Crippen molar-refractivity contribution < 1.29 is 9.66 Å². The van der Waals surface area contributed by atoms with Crippen molar-refractivity contribution in [1.29, 1.82) is 0 Å². The minimum absolute atomic E-state index is 0.0165. The molecule has 1 aliphatic heterocycles. The number of ether oxygens (including phenoxy) is 1. The number of rotatable bonds is 4. The lowest BCUT2D eigenvalue weighted by Gasteiger charge is -2.30. The second-order valence-electron chi connectivity index (χ2n) is 5.24. The van der Waals surface area contributed by atoms with Gasteiger partial charge in [0.05, 0.1) is 11.0 Å². The van der Waals surface area contributed by atoms with Crippen molar-refractivity contribution in [1.82, 2.24) is 14.8 Å². The molecule has 0 spiro atoms. The summed E-state index contributed by atoms with van der Waals surface area (Å²) in [4.78, 5) is 14.5. The van der Waals surface area contributed by atoms with Gasteiger partial charge in [0.25, 0.3) is 0 Å². The maximum Gasteiger partial charge on any atom is 0.307 e. The monoisotopic (exact) mass is 322 g/mol. The van der Waals surface area contributed by atoms with Gasteiger partial charge in [-0.25, -0.2) is 4.98 Å². The largest absolute Gasteiger partial charge is 0.381 e. The Morgan fingerprint density at radius 1 is 1.45 bits per heavy atom. The predicted molar refractivity (Wildman–Crippen MR) is 79.8 cm³/mol. The van der Waals surface area contributed by atoms with Crippen LogP contribution in [0.25, 0.3) is 0 Å². The van der Waals surface area contributed by atoms with Crippen LogP contribution < -0.4 is 0 Å². The van der Waals surface area contributed by atoms with Crippen molar-refractivity contribution in [2.45, 2.75) is 18.9 Å². The van der Waals surface area contributed by atoms with Crippen LogP contribution >= 0.6 is 11.6 Å². The Hall–Kier alpha value is -1.99. The maximum atomic E-state index is 10.9. The normalized spacial score (nSPS) is 17.3. The third-order valence-corrected chi connectivity index (χ3v) is 4.10. The van der Waals surface area contributed by atoms with Gasteiger partial charge in [0.15, 0.2) is 0 Å². The summed E-state index contributed by atoms with van der Waals surface area (Å²) in [5, 5.41) is 15.5. The molecule has 22 heavy (non-hydrogen) atoms. The predicted octanol–water partition coefficient (Wildman–Crippen LogP) is 2.86. The minimum Gasteiger partial charge on any atom is -0.381 e. The van der Waals surface area contributed by atoms with Crippen molar-refractivity contribution >= 4 is 17.3 Å². The molecule has 116 valence electrons. The number of hydrogen-bond acceptors (Lipinski definition) is 5. The molecule has 8 heteroatoms. The van der Waals surface area contributed by atoms with E-state index in [0.29, 0.717) is 18.4 Å². The molecule has 3 rings (SSSR count). The van der Waals surface area contributed by atoms with E-state index in [9.17, 15) is 10.1 Å². The number of nitrogens with zero attached hydrogens (tertiary/aromatic N) is 4. The van der Waals surface area contributed by atoms with Crippen LogP contribution in [-0.2, 0) is 4.74 Å². The summed E-state index contributed by atoms with van der Waals surface area (Å²) in [6.45, 7) is 1.37. The van der Waals surface area contributed by atoms with Crippen LogP contribution in [0.5, 0.6) is 0 Å². The molecule has 1 atom stereocenters. The molecule has 3 heterocycles. The van der Waals surface area contributed by atoms with E-state index >= 15 is 0 Å². The van der Waals surface area contributed by atoms with E-state index in [1.165, 1.54) is 12.4 Å². The van der Waals surface area contributed by atoms with Gasteiger partial charge in [-0.15, -0.1) is 0 Å². The SMILES string of the molecule is O=[N+]([O-])c1cnn(C(c2ccnc(Cl)c2)C2CCOCC2)c1. The first-order valence-corrected chi connectivity index (χ1v) is 7.40. The zero-order valence-corrected chi connectivity index (χ0v) is 12.5. The quantitative estimate of drug-likeness (QED) is 0.491. The molecule has 0 aromatic carbocycles. The zero-order valence-electron chi connectivity index (χ0n) is 11.8. The summed E-state index contributed by atoms with van der Waals surface area (Å²) in [5.74, 6) is 0.284. The highest BCUT2D eigenvalue weighted by Gasteiger charge is 2.29. The fourth-order valence-corrected chi connectivity index (χ4v) is 3.03. The zero-order chi connectivity index (χ0) is 15.5. The van der Waals surface area contributed by atoms with Gasteiger partial charge in [-0.2, -0.15) is 5.10 Å². The van der Waals surface area contributed by atoms with Gasteiger partial charge in [0.1, 0.15) is 17.5 Å². The maximum absolute atomic E-state index is 10.9. The molecule has 1 unspecified atom stereocenters. The molecule has 0 amide bonds. The Morgan fingerprint density at radius 3 is 2.86 bits per heavy atom. The fourth-order valence-electron chi connectivity index (χ4n) is 2.85. The highest BCUT2D eigenvalue weighted by atomic mass is 35.5. The third-order valence-electron chi connectivity index (χ3n) is 3.89. The molecule has 0 saturated carbocycles. The van der Waals surface area contributed by atoms with Crippen molar-refractivity contribution in [2.75, 3.05) is 13.2 Å². The molecule has 2 aromatic heterocycles. The first kappa shape index (κ1) is 14.9. The lowest BCUT2D eigenvalue weighted by atomic mass is 9.87. The number of halogens is 1. The van der Waals surface area contributed by atoms with E-state index in [4.69, 9.17) is 16.3 Å². The van der Waals surface area contributed by atoms with E-state index in [2.05, 4.69) is 10.1 Å². The van der Waals surface area contributed by atoms with Crippen LogP contribution in [0.3, 0.4) is 0 Å². The Morgan fingerprint density at radius 2 is 2.23 bits per heavy atom. The van der Waals surface area contributed by atoms with Gasteiger partial charge in [-0.1, -0.05) is 11.6 Å². The molecule has 0 bridgehead atoms. The topological polar surface area (TPSA) is 83.1 Å². The average molecular weight is 323 g/mol. The van der Waals surface area contributed by atoms with Crippen LogP contribution in [0.4, 0.5) is 5.69 Å². The lowest BCUT2D eigenvalue weighted by molar-refractivity contribution is -0.385. The number of aromatic nitrogens is 3. The summed E-state index contributed by atoms with van der Waals surface area (Å²) in [5.41, 5.74) is 0.933. The summed E-state index contributed by atoms with van der Waals surface area (Å²) in [6.07, 6.45) is 6.13. The van der Waals surface area contributed by atoms with Gasteiger partial charge >= 0.3 is 5.69 Å². The average Bonchev–Trinajstić information content (AvgIpc) is 2.98. The smallest absolute Gasteiger partial charge is 0.307 e. The lowest BCUT2D eigenvalue weighted by Crippen LogP contribution is -2.27. The van der Waals surface area contributed by atoms with Crippen LogP contribution in [0.1, 0.15) is 24.4 Å². The van der Waals surface area contributed by atoms with Crippen molar-refractivity contribution in [2.24, 2.45) is 5.92 Å². The van der Waals surface area contributed by atoms with Gasteiger partial charge in [-0.3, -0.25) is 14.8 Å². The number of pyridine rings is 1. The van der Waals surface area contributed by atoms with Gasteiger partial charge < -0.3 is 4.74 Å². The Balaban J connectivity index is 1.99. The minimum atomic E-state index is -0.440. The van der Waals surface area contributed by atoms with Crippen LogP contribution in [0.15, 0.2) is 30.7 Å². The fraction of sp³-hybridized carbons (Fsp3) is 0.429. The van der Waals surface area contributed by atoms with E-state index in [1.807, 2.05) is 6.07 Å². The summed E-state index contributed by atoms with van der Waals surface area (Å²) in [6, 6.07) is 3.55. The Bertz CT molecular complexity index is 670. The molecular formula is C14H15ClN4O3. The molecule has 0 radical (unpaired) electrons. The highest BCUT2D eigenvalue weighted by Crippen LogP contribution is 2.34.